The van der Waals surface area contributed by atoms with Gasteiger partial charge in [0.15, 0.2) is 5.11 Å². The molecule has 0 radical (unpaired) electrons. The van der Waals surface area contributed by atoms with Crippen LogP contribution in [0.15, 0.2) is 36.4 Å². The van der Waals surface area contributed by atoms with Crippen LogP contribution in [0, 0.1) is 6.92 Å². The predicted octanol–water partition coefficient (Wildman–Crippen LogP) is 2.11. The maximum absolute atomic E-state index is 5.39. The first-order valence-electron chi connectivity index (χ1n) is 7.98. The Morgan fingerprint density at radius 1 is 1.21 bits per heavy atom. The van der Waals surface area contributed by atoms with Gasteiger partial charge in [0, 0.05) is 31.4 Å². The third kappa shape index (κ3) is 4.62. The van der Waals surface area contributed by atoms with E-state index in [1.165, 1.54) is 5.56 Å². The first-order chi connectivity index (χ1) is 11.7. The van der Waals surface area contributed by atoms with E-state index in [9.17, 15) is 0 Å². The van der Waals surface area contributed by atoms with Gasteiger partial charge in [-0.05, 0) is 24.7 Å². The number of thiocarbonyl (C=S) groups is 1. The second-order valence-electron chi connectivity index (χ2n) is 5.58. The molecule has 2 heterocycles. The van der Waals surface area contributed by atoms with Gasteiger partial charge in [-0.2, -0.15) is 4.98 Å². The predicted molar refractivity (Wildman–Crippen MR) is 99.3 cm³/mol. The van der Waals surface area contributed by atoms with Crippen LogP contribution in [0.4, 0.5) is 11.8 Å². The van der Waals surface area contributed by atoms with Gasteiger partial charge in [-0.3, -0.25) is 0 Å². The summed E-state index contributed by atoms with van der Waals surface area (Å²) in [5.74, 6) is 1.42. The molecule has 0 spiro atoms. The van der Waals surface area contributed by atoms with Crippen molar-refractivity contribution in [3.63, 3.8) is 0 Å². The lowest BCUT2D eigenvalue weighted by atomic mass is 10.2. The van der Waals surface area contributed by atoms with Crippen LogP contribution in [0.1, 0.15) is 11.3 Å². The lowest BCUT2D eigenvalue weighted by Gasteiger charge is -2.28. The fraction of sp³-hybridized carbons (Fsp3) is 0.353. The van der Waals surface area contributed by atoms with Crippen LogP contribution in [-0.2, 0) is 11.3 Å². The molecule has 126 valence electrons. The highest BCUT2D eigenvalue weighted by molar-refractivity contribution is 7.80. The molecular formula is C17H21N5OS. The second kappa shape index (κ2) is 8.03. The fourth-order valence-electron chi connectivity index (χ4n) is 2.49. The Balaban J connectivity index is 1.61. The summed E-state index contributed by atoms with van der Waals surface area (Å²) in [4.78, 5) is 11.2. The summed E-state index contributed by atoms with van der Waals surface area (Å²) in [7, 11) is 0. The number of benzene rings is 1. The molecule has 3 rings (SSSR count). The third-order valence-corrected chi connectivity index (χ3v) is 3.94. The zero-order chi connectivity index (χ0) is 16.8. The average molecular weight is 343 g/mol. The van der Waals surface area contributed by atoms with Crippen LogP contribution in [0.25, 0.3) is 0 Å². The fourth-order valence-corrected chi connectivity index (χ4v) is 2.65. The molecule has 0 unspecified atom stereocenters. The third-order valence-electron chi connectivity index (χ3n) is 3.70. The number of hydrogen-bond acceptors (Lipinski definition) is 5. The summed E-state index contributed by atoms with van der Waals surface area (Å²) in [5.41, 5.74) is 2.07. The van der Waals surface area contributed by atoms with Crippen molar-refractivity contribution in [3.05, 3.63) is 47.7 Å². The molecule has 6 nitrogen and oxygen atoms in total. The maximum atomic E-state index is 5.39. The molecule has 24 heavy (non-hydrogen) atoms. The van der Waals surface area contributed by atoms with E-state index in [1.54, 1.807) is 0 Å². The lowest BCUT2D eigenvalue weighted by molar-refractivity contribution is 0.122. The van der Waals surface area contributed by atoms with Crippen LogP contribution < -0.4 is 15.5 Å². The Morgan fingerprint density at radius 3 is 2.71 bits per heavy atom. The second-order valence-corrected chi connectivity index (χ2v) is 5.99. The summed E-state index contributed by atoms with van der Waals surface area (Å²) in [6.45, 7) is 5.75. The van der Waals surface area contributed by atoms with Crippen molar-refractivity contribution in [2.75, 3.05) is 36.5 Å². The summed E-state index contributed by atoms with van der Waals surface area (Å²) >= 11 is 5.34. The molecule has 2 aromatic rings. The summed E-state index contributed by atoms with van der Waals surface area (Å²) in [6, 6.07) is 12.1. The lowest BCUT2D eigenvalue weighted by Crippen LogP contribution is -2.37. The number of nitrogens with one attached hydrogen (secondary N) is 2. The van der Waals surface area contributed by atoms with Crippen molar-refractivity contribution >= 4 is 29.1 Å². The largest absolute Gasteiger partial charge is 0.378 e. The number of aryl methyl sites for hydroxylation is 1. The minimum absolute atomic E-state index is 0.511. The molecule has 1 aliphatic heterocycles. The highest BCUT2D eigenvalue weighted by Gasteiger charge is 2.14. The van der Waals surface area contributed by atoms with Gasteiger partial charge in [-0.15, -0.1) is 0 Å². The highest BCUT2D eigenvalue weighted by atomic mass is 32.1. The number of anilines is 2. The molecule has 1 fully saturated rings. The molecule has 1 aromatic carbocycles. The van der Waals surface area contributed by atoms with Crippen molar-refractivity contribution in [1.82, 2.24) is 15.3 Å². The van der Waals surface area contributed by atoms with Gasteiger partial charge in [-0.1, -0.05) is 30.3 Å². The van der Waals surface area contributed by atoms with E-state index >= 15 is 0 Å². The van der Waals surface area contributed by atoms with Crippen LogP contribution in [-0.4, -0.2) is 41.4 Å². The van der Waals surface area contributed by atoms with Crippen molar-refractivity contribution in [1.29, 1.82) is 0 Å². The zero-order valence-electron chi connectivity index (χ0n) is 13.7. The zero-order valence-corrected chi connectivity index (χ0v) is 14.5. The van der Waals surface area contributed by atoms with Crippen molar-refractivity contribution in [2.24, 2.45) is 0 Å². The quantitative estimate of drug-likeness (QED) is 0.825. The monoisotopic (exact) mass is 343 g/mol. The van der Waals surface area contributed by atoms with E-state index < -0.39 is 0 Å². The highest BCUT2D eigenvalue weighted by Crippen LogP contribution is 2.16. The molecule has 2 N–H and O–H groups in total. The van der Waals surface area contributed by atoms with E-state index in [1.807, 2.05) is 31.2 Å². The molecule has 1 aliphatic rings. The average Bonchev–Trinajstić information content (AvgIpc) is 2.61. The summed E-state index contributed by atoms with van der Waals surface area (Å²) in [5, 5.41) is 6.76. The molecule has 0 aliphatic carbocycles. The number of morpholine rings is 1. The topological polar surface area (TPSA) is 62.3 Å². The van der Waals surface area contributed by atoms with Gasteiger partial charge in [0.05, 0.1) is 13.2 Å². The van der Waals surface area contributed by atoms with Gasteiger partial charge in [-0.25, -0.2) is 4.98 Å². The molecular weight excluding hydrogens is 322 g/mol. The Morgan fingerprint density at radius 2 is 1.96 bits per heavy atom. The Labute approximate surface area is 147 Å². The van der Waals surface area contributed by atoms with Crippen molar-refractivity contribution in [3.8, 4) is 0 Å². The molecule has 0 atom stereocenters. The number of nitrogens with zero attached hydrogens (tertiary/aromatic N) is 3. The normalized spacial score (nSPS) is 14.3. The summed E-state index contributed by atoms with van der Waals surface area (Å²) < 4.78 is 5.39. The van der Waals surface area contributed by atoms with Crippen molar-refractivity contribution in [2.45, 2.75) is 13.5 Å². The number of aromatic nitrogens is 2. The van der Waals surface area contributed by atoms with E-state index in [2.05, 4.69) is 37.6 Å². The number of hydrogen-bond donors (Lipinski definition) is 2. The molecule has 0 bridgehead atoms. The van der Waals surface area contributed by atoms with Gasteiger partial charge in [0.2, 0.25) is 5.95 Å². The molecule has 0 saturated carbocycles. The number of ether oxygens (including phenoxy) is 1. The van der Waals surface area contributed by atoms with Gasteiger partial charge in [0.25, 0.3) is 0 Å². The molecule has 1 saturated heterocycles. The standard InChI is InChI=1S/C17H21N5OS/c1-13-11-15(22-7-9-23-10-8-22)20-16(19-13)21-17(24)18-12-14-5-3-2-4-6-14/h2-6,11H,7-10,12H2,1H3,(H2,18,19,20,21,24). The molecule has 7 heteroatoms. The first kappa shape index (κ1) is 16.6. The minimum Gasteiger partial charge on any atom is -0.378 e. The van der Waals surface area contributed by atoms with Gasteiger partial charge < -0.3 is 20.3 Å². The van der Waals surface area contributed by atoms with E-state index in [0.29, 0.717) is 17.6 Å². The van der Waals surface area contributed by atoms with Crippen LogP contribution in [0.2, 0.25) is 0 Å². The van der Waals surface area contributed by atoms with Gasteiger partial charge in [0.1, 0.15) is 5.82 Å². The van der Waals surface area contributed by atoms with Crippen LogP contribution in [0.3, 0.4) is 0 Å². The van der Waals surface area contributed by atoms with Crippen LogP contribution >= 0.6 is 12.2 Å². The van der Waals surface area contributed by atoms with E-state index in [4.69, 9.17) is 17.0 Å². The first-order valence-corrected chi connectivity index (χ1v) is 8.39. The minimum atomic E-state index is 0.511. The molecule has 1 aromatic heterocycles. The Bertz CT molecular complexity index is 689. The van der Waals surface area contributed by atoms with E-state index in [0.717, 1.165) is 37.8 Å². The van der Waals surface area contributed by atoms with E-state index in [-0.39, 0.29) is 0 Å². The van der Waals surface area contributed by atoms with Gasteiger partial charge >= 0.3 is 0 Å². The van der Waals surface area contributed by atoms with Crippen LogP contribution in [0.5, 0.6) is 0 Å². The molecule has 0 amide bonds. The summed E-state index contributed by atoms with van der Waals surface area (Å²) in [6.07, 6.45) is 0. The van der Waals surface area contributed by atoms with Crippen molar-refractivity contribution < 1.29 is 4.74 Å². The number of rotatable bonds is 4. The maximum Gasteiger partial charge on any atom is 0.231 e. The smallest absolute Gasteiger partial charge is 0.231 e. The Hall–Kier alpha value is -2.25. The SMILES string of the molecule is Cc1cc(N2CCOCC2)nc(NC(=S)NCc2ccccc2)n1. The Kier molecular flexibility index (Phi) is 5.55.